The summed E-state index contributed by atoms with van der Waals surface area (Å²) in [5.41, 5.74) is 0. The summed E-state index contributed by atoms with van der Waals surface area (Å²) < 4.78 is 12.4. The fourth-order valence-corrected chi connectivity index (χ4v) is 0.917. The molecule has 4 nitrogen and oxygen atoms in total. The number of hydrogen-bond acceptors (Lipinski definition) is 3. The molecule has 0 saturated heterocycles. The molecule has 4 heteroatoms. The Bertz CT molecular complexity index is 246. The molecule has 1 rings (SSSR count). The lowest BCUT2D eigenvalue weighted by Gasteiger charge is -2.07. The van der Waals surface area contributed by atoms with Crippen molar-refractivity contribution < 1.29 is 9.47 Å². The minimum Gasteiger partial charge on any atom is -0.488 e. The van der Waals surface area contributed by atoms with Gasteiger partial charge in [-0.25, -0.2) is 0 Å². The van der Waals surface area contributed by atoms with Crippen LogP contribution in [0.25, 0.3) is 0 Å². The fourth-order valence-electron chi connectivity index (χ4n) is 0.917. The lowest BCUT2D eigenvalue weighted by Crippen LogP contribution is -2.10. The van der Waals surface area contributed by atoms with E-state index in [-0.39, 0.29) is 6.10 Å². The third-order valence-electron chi connectivity index (χ3n) is 1.48. The Balaban J connectivity index is 2.13. The molecule has 0 atom stereocenters. The molecule has 0 fully saturated rings. The first-order valence-corrected chi connectivity index (χ1v) is 4.41. The second-order valence-electron chi connectivity index (χ2n) is 3.12. The average Bonchev–Trinajstić information content (AvgIpc) is 2.45. The molecule has 0 saturated carbocycles. The summed E-state index contributed by atoms with van der Waals surface area (Å²) in [5.74, 6) is 0.787. The Morgan fingerprint density at radius 2 is 2.23 bits per heavy atom. The van der Waals surface area contributed by atoms with Gasteiger partial charge in [0, 0.05) is 7.05 Å². The summed E-state index contributed by atoms with van der Waals surface area (Å²) >= 11 is 0. The van der Waals surface area contributed by atoms with Gasteiger partial charge < -0.3 is 9.47 Å². The molecular weight excluding hydrogens is 168 g/mol. The summed E-state index contributed by atoms with van der Waals surface area (Å²) in [6.45, 7) is 5.20. The zero-order valence-corrected chi connectivity index (χ0v) is 8.36. The van der Waals surface area contributed by atoms with Gasteiger partial charge in [-0.2, -0.15) is 5.10 Å². The number of aromatic nitrogens is 2. The van der Waals surface area contributed by atoms with Crippen LogP contribution in [0.5, 0.6) is 5.75 Å². The van der Waals surface area contributed by atoms with E-state index in [0.29, 0.717) is 13.2 Å². The fraction of sp³-hybridized carbons (Fsp3) is 0.667. The van der Waals surface area contributed by atoms with Crippen LogP contribution < -0.4 is 4.74 Å². The number of rotatable bonds is 5. The molecule has 74 valence electrons. The molecular formula is C9H16N2O2. The van der Waals surface area contributed by atoms with E-state index >= 15 is 0 Å². The van der Waals surface area contributed by atoms with Crippen LogP contribution in [0.1, 0.15) is 13.8 Å². The zero-order valence-electron chi connectivity index (χ0n) is 8.36. The van der Waals surface area contributed by atoms with Gasteiger partial charge in [-0.15, -0.1) is 0 Å². The summed E-state index contributed by atoms with van der Waals surface area (Å²) in [6, 6.07) is 0. The molecule has 0 N–H and O–H groups in total. The van der Waals surface area contributed by atoms with Crippen LogP contribution in [0.15, 0.2) is 12.4 Å². The smallest absolute Gasteiger partial charge is 0.157 e. The first kappa shape index (κ1) is 10.1. The lowest BCUT2D eigenvalue weighted by atomic mass is 10.5. The van der Waals surface area contributed by atoms with E-state index in [4.69, 9.17) is 9.47 Å². The largest absolute Gasteiger partial charge is 0.488 e. The molecule has 1 aromatic rings. The Labute approximate surface area is 78.5 Å². The van der Waals surface area contributed by atoms with Crippen LogP contribution >= 0.6 is 0 Å². The van der Waals surface area contributed by atoms with Gasteiger partial charge in [0.2, 0.25) is 0 Å². The van der Waals surface area contributed by atoms with Gasteiger partial charge in [-0.3, -0.25) is 4.68 Å². The van der Waals surface area contributed by atoms with Crippen molar-refractivity contribution >= 4 is 0 Å². The van der Waals surface area contributed by atoms with E-state index in [1.807, 2.05) is 27.1 Å². The van der Waals surface area contributed by atoms with Crippen LogP contribution in [-0.4, -0.2) is 29.1 Å². The molecule has 0 amide bonds. The topological polar surface area (TPSA) is 36.3 Å². The van der Waals surface area contributed by atoms with Gasteiger partial charge >= 0.3 is 0 Å². The lowest BCUT2D eigenvalue weighted by molar-refractivity contribution is 0.0552. The van der Waals surface area contributed by atoms with Crippen LogP contribution in [0.4, 0.5) is 0 Å². The molecule has 1 heterocycles. The maximum absolute atomic E-state index is 5.37. The van der Waals surface area contributed by atoms with Crippen molar-refractivity contribution in [3.63, 3.8) is 0 Å². The first-order valence-electron chi connectivity index (χ1n) is 4.41. The highest BCUT2D eigenvalue weighted by atomic mass is 16.5. The monoisotopic (exact) mass is 184 g/mol. The van der Waals surface area contributed by atoms with Crippen LogP contribution in [0.3, 0.4) is 0 Å². The number of hydrogen-bond donors (Lipinski definition) is 0. The van der Waals surface area contributed by atoms with E-state index in [0.717, 1.165) is 5.75 Å². The maximum Gasteiger partial charge on any atom is 0.157 e. The quantitative estimate of drug-likeness (QED) is 0.646. The standard InChI is InChI=1S/C9H16N2O2/c1-8(2)12-4-5-13-9-6-10-11(3)7-9/h6-8H,4-5H2,1-3H3. The average molecular weight is 184 g/mol. The summed E-state index contributed by atoms with van der Waals surface area (Å²) in [5, 5.41) is 3.98. The number of ether oxygens (including phenoxy) is 2. The number of aryl methyl sites for hydroxylation is 1. The van der Waals surface area contributed by atoms with Gasteiger partial charge in [0.15, 0.2) is 5.75 Å². The van der Waals surface area contributed by atoms with Crippen LogP contribution in [0.2, 0.25) is 0 Å². The van der Waals surface area contributed by atoms with Crippen molar-refractivity contribution in [3.05, 3.63) is 12.4 Å². The van der Waals surface area contributed by atoms with Gasteiger partial charge in [-0.1, -0.05) is 0 Å². The Morgan fingerprint density at radius 3 is 2.77 bits per heavy atom. The number of nitrogens with zero attached hydrogens (tertiary/aromatic N) is 2. The molecule has 0 unspecified atom stereocenters. The molecule has 0 aliphatic carbocycles. The minimum absolute atomic E-state index is 0.262. The van der Waals surface area contributed by atoms with Gasteiger partial charge in [-0.05, 0) is 13.8 Å². The molecule has 0 bridgehead atoms. The minimum atomic E-state index is 0.262. The van der Waals surface area contributed by atoms with E-state index < -0.39 is 0 Å². The second kappa shape index (κ2) is 4.87. The van der Waals surface area contributed by atoms with Gasteiger partial charge in [0.05, 0.1) is 25.1 Å². The molecule has 0 aliphatic heterocycles. The Morgan fingerprint density at radius 1 is 1.46 bits per heavy atom. The predicted octanol–water partition coefficient (Wildman–Crippen LogP) is 1.22. The van der Waals surface area contributed by atoms with E-state index in [1.54, 1.807) is 10.9 Å². The normalized spacial score (nSPS) is 10.8. The third-order valence-corrected chi connectivity index (χ3v) is 1.48. The van der Waals surface area contributed by atoms with Gasteiger partial charge in [0.25, 0.3) is 0 Å². The predicted molar refractivity (Wildman–Crippen MR) is 49.8 cm³/mol. The second-order valence-corrected chi connectivity index (χ2v) is 3.12. The Hall–Kier alpha value is -1.03. The van der Waals surface area contributed by atoms with E-state index in [2.05, 4.69) is 5.10 Å². The van der Waals surface area contributed by atoms with Crippen molar-refractivity contribution in [1.29, 1.82) is 0 Å². The van der Waals surface area contributed by atoms with Crippen molar-refractivity contribution in [3.8, 4) is 5.75 Å². The highest BCUT2D eigenvalue weighted by molar-refractivity contribution is 5.10. The first-order chi connectivity index (χ1) is 6.18. The highest BCUT2D eigenvalue weighted by Crippen LogP contribution is 2.06. The molecule has 0 aliphatic rings. The summed E-state index contributed by atoms with van der Waals surface area (Å²) in [6.07, 6.45) is 3.78. The van der Waals surface area contributed by atoms with E-state index in [9.17, 15) is 0 Å². The van der Waals surface area contributed by atoms with Crippen molar-refractivity contribution in [1.82, 2.24) is 9.78 Å². The van der Waals surface area contributed by atoms with Crippen molar-refractivity contribution in [2.24, 2.45) is 7.05 Å². The molecule has 0 spiro atoms. The zero-order chi connectivity index (χ0) is 9.68. The summed E-state index contributed by atoms with van der Waals surface area (Å²) in [7, 11) is 1.86. The van der Waals surface area contributed by atoms with Gasteiger partial charge in [0.1, 0.15) is 6.61 Å². The maximum atomic E-state index is 5.37. The van der Waals surface area contributed by atoms with Crippen molar-refractivity contribution in [2.75, 3.05) is 13.2 Å². The Kier molecular flexibility index (Phi) is 3.76. The van der Waals surface area contributed by atoms with Crippen LogP contribution in [-0.2, 0) is 11.8 Å². The highest BCUT2D eigenvalue weighted by Gasteiger charge is 1.97. The van der Waals surface area contributed by atoms with Crippen LogP contribution in [0, 0.1) is 0 Å². The molecule has 0 aromatic carbocycles. The third kappa shape index (κ3) is 3.94. The molecule has 13 heavy (non-hydrogen) atoms. The summed E-state index contributed by atoms with van der Waals surface area (Å²) in [4.78, 5) is 0. The molecule has 1 aromatic heterocycles. The van der Waals surface area contributed by atoms with E-state index in [1.165, 1.54) is 0 Å². The SMILES string of the molecule is CC(C)OCCOc1cnn(C)c1. The van der Waals surface area contributed by atoms with Crippen molar-refractivity contribution in [2.45, 2.75) is 20.0 Å². The molecule has 0 radical (unpaired) electrons.